The lowest BCUT2D eigenvalue weighted by molar-refractivity contribution is 0.139. The SMILES string of the molecule is CCC(C)(CC)C1CCCCC(C(C)(CN)CN)CCC1. The molecule has 2 unspecified atom stereocenters. The first-order valence-corrected chi connectivity index (χ1v) is 9.36. The van der Waals surface area contributed by atoms with Crippen LogP contribution in [0.15, 0.2) is 0 Å². The van der Waals surface area contributed by atoms with Gasteiger partial charge >= 0.3 is 0 Å². The monoisotopic (exact) mass is 296 g/mol. The van der Waals surface area contributed by atoms with E-state index in [-0.39, 0.29) is 5.41 Å². The summed E-state index contributed by atoms with van der Waals surface area (Å²) in [5.74, 6) is 1.63. The van der Waals surface area contributed by atoms with Crippen LogP contribution >= 0.6 is 0 Å². The van der Waals surface area contributed by atoms with Crippen LogP contribution in [0.2, 0.25) is 0 Å². The van der Waals surface area contributed by atoms with Crippen LogP contribution in [-0.2, 0) is 0 Å². The van der Waals surface area contributed by atoms with Crippen LogP contribution in [0.5, 0.6) is 0 Å². The van der Waals surface area contributed by atoms with Crippen molar-refractivity contribution in [1.29, 1.82) is 0 Å². The fraction of sp³-hybridized carbons (Fsp3) is 1.00. The molecule has 0 heterocycles. The normalized spacial score (nSPS) is 26.0. The molecule has 2 heteroatoms. The van der Waals surface area contributed by atoms with Gasteiger partial charge in [0, 0.05) is 0 Å². The Morgan fingerprint density at radius 3 is 1.48 bits per heavy atom. The van der Waals surface area contributed by atoms with E-state index in [4.69, 9.17) is 11.5 Å². The highest BCUT2D eigenvalue weighted by atomic mass is 14.7. The van der Waals surface area contributed by atoms with Gasteiger partial charge in [-0.25, -0.2) is 0 Å². The largest absolute Gasteiger partial charge is 0.330 e. The summed E-state index contributed by atoms with van der Waals surface area (Å²) in [7, 11) is 0. The molecule has 0 radical (unpaired) electrons. The Kier molecular flexibility index (Phi) is 7.70. The first-order valence-electron chi connectivity index (χ1n) is 9.36. The molecule has 21 heavy (non-hydrogen) atoms. The zero-order valence-electron chi connectivity index (χ0n) is 15.1. The molecular formula is C19H40N2. The summed E-state index contributed by atoms with van der Waals surface area (Å²) < 4.78 is 0. The minimum Gasteiger partial charge on any atom is -0.330 e. The summed E-state index contributed by atoms with van der Waals surface area (Å²) in [5.41, 5.74) is 12.8. The lowest BCUT2D eigenvalue weighted by atomic mass is 9.69. The predicted octanol–water partition coefficient (Wildman–Crippen LogP) is 4.71. The minimum atomic E-state index is 0.151. The van der Waals surface area contributed by atoms with E-state index in [9.17, 15) is 0 Å². The van der Waals surface area contributed by atoms with Crippen molar-refractivity contribution in [2.45, 2.75) is 85.5 Å². The lowest BCUT2D eigenvalue weighted by Crippen LogP contribution is -2.41. The first kappa shape index (κ1) is 19.0. The predicted molar refractivity (Wildman–Crippen MR) is 94.2 cm³/mol. The Morgan fingerprint density at radius 1 is 0.714 bits per heavy atom. The number of hydrogen-bond donors (Lipinski definition) is 2. The van der Waals surface area contributed by atoms with Crippen LogP contribution < -0.4 is 11.5 Å². The molecule has 1 aliphatic carbocycles. The van der Waals surface area contributed by atoms with E-state index in [0.717, 1.165) is 24.9 Å². The molecule has 0 aromatic carbocycles. The summed E-state index contributed by atoms with van der Waals surface area (Å²) in [6, 6.07) is 0. The van der Waals surface area contributed by atoms with Crippen molar-refractivity contribution in [3.63, 3.8) is 0 Å². The van der Waals surface area contributed by atoms with Crippen molar-refractivity contribution in [3.05, 3.63) is 0 Å². The van der Waals surface area contributed by atoms with Gasteiger partial charge in [-0.2, -0.15) is 0 Å². The highest BCUT2D eigenvalue weighted by Gasteiger charge is 2.34. The molecule has 0 aromatic heterocycles. The van der Waals surface area contributed by atoms with Crippen molar-refractivity contribution in [2.24, 2.45) is 34.1 Å². The molecule has 1 fully saturated rings. The molecule has 0 spiro atoms. The van der Waals surface area contributed by atoms with Gasteiger partial charge in [-0.3, -0.25) is 0 Å². The third-order valence-electron chi connectivity index (χ3n) is 6.98. The van der Waals surface area contributed by atoms with E-state index >= 15 is 0 Å². The molecular weight excluding hydrogens is 256 g/mol. The quantitative estimate of drug-likeness (QED) is 0.745. The van der Waals surface area contributed by atoms with Gasteiger partial charge in [0.05, 0.1) is 0 Å². The van der Waals surface area contributed by atoms with E-state index in [1.807, 2.05) is 0 Å². The molecule has 0 aromatic rings. The van der Waals surface area contributed by atoms with E-state index in [1.54, 1.807) is 0 Å². The Labute approximate surface area is 133 Å². The van der Waals surface area contributed by atoms with Crippen molar-refractivity contribution in [2.75, 3.05) is 13.1 Å². The molecule has 4 N–H and O–H groups in total. The van der Waals surface area contributed by atoms with E-state index in [2.05, 4.69) is 27.7 Å². The second-order valence-corrected chi connectivity index (χ2v) is 8.03. The smallest absolute Gasteiger partial charge is 0.000843 e. The van der Waals surface area contributed by atoms with Gasteiger partial charge in [0.1, 0.15) is 0 Å². The third kappa shape index (κ3) is 4.69. The van der Waals surface area contributed by atoms with Crippen molar-refractivity contribution >= 4 is 0 Å². The number of hydrogen-bond acceptors (Lipinski definition) is 2. The van der Waals surface area contributed by atoms with Gasteiger partial charge in [0.25, 0.3) is 0 Å². The Hall–Kier alpha value is -0.0800. The van der Waals surface area contributed by atoms with Crippen molar-refractivity contribution in [3.8, 4) is 0 Å². The summed E-state index contributed by atoms with van der Waals surface area (Å²) >= 11 is 0. The molecule has 1 rings (SSSR count). The number of nitrogens with two attached hydrogens (primary N) is 2. The second-order valence-electron chi connectivity index (χ2n) is 8.03. The van der Waals surface area contributed by atoms with E-state index in [0.29, 0.717) is 5.41 Å². The summed E-state index contributed by atoms with van der Waals surface area (Å²) in [6.45, 7) is 11.0. The maximum absolute atomic E-state index is 6.04. The van der Waals surface area contributed by atoms with Gasteiger partial charge in [0.15, 0.2) is 0 Å². The van der Waals surface area contributed by atoms with Gasteiger partial charge in [-0.05, 0) is 61.4 Å². The van der Waals surface area contributed by atoms with E-state index < -0.39 is 0 Å². The van der Waals surface area contributed by atoms with Crippen LogP contribution in [0.25, 0.3) is 0 Å². The standard InChI is InChI=1S/C19H40N2/c1-5-18(3,6-2)16-10-7-8-11-17(13-9-12-16)19(4,14-20)15-21/h16-17H,5-15,20-21H2,1-4H3. The Bertz CT molecular complexity index is 251. The molecule has 126 valence electrons. The summed E-state index contributed by atoms with van der Waals surface area (Å²) in [4.78, 5) is 0. The Balaban J connectivity index is 2.71. The first-order chi connectivity index (χ1) is 9.95. The minimum absolute atomic E-state index is 0.151. The Morgan fingerprint density at radius 2 is 1.10 bits per heavy atom. The topological polar surface area (TPSA) is 52.0 Å². The van der Waals surface area contributed by atoms with Gasteiger partial charge < -0.3 is 11.5 Å². The van der Waals surface area contributed by atoms with Gasteiger partial charge in [-0.1, -0.05) is 59.8 Å². The second kappa shape index (κ2) is 8.53. The zero-order chi connectivity index (χ0) is 15.9. The zero-order valence-corrected chi connectivity index (χ0v) is 15.1. The van der Waals surface area contributed by atoms with Crippen LogP contribution in [0.1, 0.15) is 85.5 Å². The summed E-state index contributed by atoms with van der Waals surface area (Å²) in [6.07, 6.45) is 12.2. The summed E-state index contributed by atoms with van der Waals surface area (Å²) in [5, 5.41) is 0. The molecule has 0 bridgehead atoms. The van der Waals surface area contributed by atoms with Crippen molar-refractivity contribution in [1.82, 2.24) is 0 Å². The average Bonchev–Trinajstić information content (AvgIpc) is 2.65. The fourth-order valence-electron chi connectivity index (χ4n) is 4.32. The fourth-order valence-corrected chi connectivity index (χ4v) is 4.32. The van der Waals surface area contributed by atoms with Gasteiger partial charge in [0.2, 0.25) is 0 Å². The van der Waals surface area contributed by atoms with Crippen LogP contribution in [0.3, 0.4) is 0 Å². The van der Waals surface area contributed by atoms with Crippen LogP contribution in [0, 0.1) is 22.7 Å². The molecule has 0 saturated heterocycles. The third-order valence-corrected chi connectivity index (χ3v) is 6.98. The maximum atomic E-state index is 6.04. The van der Waals surface area contributed by atoms with Gasteiger partial charge in [-0.15, -0.1) is 0 Å². The molecule has 0 amide bonds. The molecule has 1 saturated carbocycles. The van der Waals surface area contributed by atoms with Crippen LogP contribution in [-0.4, -0.2) is 13.1 Å². The molecule has 2 nitrogen and oxygen atoms in total. The number of rotatable bonds is 6. The molecule has 1 aliphatic rings. The van der Waals surface area contributed by atoms with Crippen molar-refractivity contribution < 1.29 is 0 Å². The average molecular weight is 297 g/mol. The van der Waals surface area contributed by atoms with Crippen LogP contribution in [0.4, 0.5) is 0 Å². The highest BCUT2D eigenvalue weighted by molar-refractivity contribution is 4.87. The molecule has 0 aliphatic heterocycles. The highest BCUT2D eigenvalue weighted by Crippen LogP contribution is 2.43. The lowest BCUT2D eigenvalue weighted by Gasteiger charge is -2.37. The molecule has 2 atom stereocenters. The van der Waals surface area contributed by atoms with E-state index in [1.165, 1.54) is 57.8 Å². The maximum Gasteiger partial charge on any atom is -0.000843 e.